The molecule has 1 aromatic heterocycles. The molecule has 0 saturated heterocycles. The summed E-state index contributed by atoms with van der Waals surface area (Å²) >= 11 is 0. The number of carbonyl (C=O) groups is 1. The molecule has 4 heteroatoms. The summed E-state index contributed by atoms with van der Waals surface area (Å²) in [6.07, 6.45) is 3.10. The van der Waals surface area contributed by atoms with Crippen LogP contribution in [-0.4, -0.2) is 12.2 Å². The second-order valence-electron chi connectivity index (χ2n) is 3.04. The van der Waals surface area contributed by atoms with Gasteiger partial charge in [-0.3, -0.25) is 0 Å². The van der Waals surface area contributed by atoms with Crippen molar-refractivity contribution in [1.29, 1.82) is 0 Å². The molecule has 1 heterocycles. The number of hydrogen-bond acceptors (Lipinski definition) is 4. The van der Waals surface area contributed by atoms with E-state index in [2.05, 4.69) is 9.99 Å². The Labute approximate surface area is 86.1 Å². The summed E-state index contributed by atoms with van der Waals surface area (Å²) in [6.45, 7) is 1.30. The highest BCUT2D eigenvalue weighted by molar-refractivity contribution is 5.88. The normalized spacial score (nSPS) is 11.0. The Morgan fingerprint density at radius 2 is 2.33 bits per heavy atom. The zero-order valence-corrected chi connectivity index (χ0v) is 8.14. The van der Waals surface area contributed by atoms with E-state index in [1.54, 1.807) is 6.26 Å². The lowest BCUT2D eigenvalue weighted by atomic mass is 10.2. The number of rotatable bonds is 2. The third kappa shape index (κ3) is 2.22. The highest BCUT2D eigenvalue weighted by atomic mass is 16.7. The standard InChI is InChI=1S/C11H9NO3/c1-8(13)15-12-7-9-2-3-11-10(6-9)4-5-14-11/h2-7H,1H3. The molecule has 4 nitrogen and oxygen atoms in total. The van der Waals surface area contributed by atoms with Crippen LogP contribution >= 0.6 is 0 Å². The topological polar surface area (TPSA) is 51.8 Å². The summed E-state index contributed by atoms with van der Waals surface area (Å²) in [5, 5.41) is 4.51. The first-order valence-electron chi connectivity index (χ1n) is 4.44. The first-order chi connectivity index (χ1) is 7.25. The van der Waals surface area contributed by atoms with E-state index < -0.39 is 5.97 Å². The molecule has 0 unspecified atom stereocenters. The summed E-state index contributed by atoms with van der Waals surface area (Å²) < 4.78 is 5.19. The van der Waals surface area contributed by atoms with Gasteiger partial charge in [0.2, 0.25) is 0 Å². The monoisotopic (exact) mass is 203 g/mol. The zero-order chi connectivity index (χ0) is 10.7. The molecule has 0 fully saturated rings. The van der Waals surface area contributed by atoms with Gasteiger partial charge in [0.15, 0.2) is 0 Å². The van der Waals surface area contributed by atoms with E-state index in [1.807, 2.05) is 24.3 Å². The molecule has 1 aromatic carbocycles. The predicted molar refractivity (Wildman–Crippen MR) is 55.6 cm³/mol. The smallest absolute Gasteiger partial charge is 0.331 e. The lowest BCUT2D eigenvalue weighted by Crippen LogP contribution is -1.91. The Kier molecular flexibility index (Phi) is 2.49. The van der Waals surface area contributed by atoms with Gasteiger partial charge in [-0.1, -0.05) is 5.16 Å². The first-order valence-corrected chi connectivity index (χ1v) is 4.44. The summed E-state index contributed by atoms with van der Waals surface area (Å²) in [7, 11) is 0. The number of furan rings is 1. The average Bonchev–Trinajstić information content (AvgIpc) is 2.64. The average molecular weight is 203 g/mol. The molecule has 0 saturated carbocycles. The van der Waals surface area contributed by atoms with Gasteiger partial charge in [-0.15, -0.1) is 0 Å². The molecule has 0 bridgehead atoms. The number of hydrogen-bond donors (Lipinski definition) is 0. The van der Waals surface area contributed by atoms with Gasteiger partial charge >= 0.3 is 5.97 Å². The SMILES string of the molecule is CC(=O)ON=Cc1ccc2occc2c1. The van der Waals surface area contributed by atoms with Crippen LogP contribution in [0.4, 0.5) is 0 Å². The summed E-state index contributed by atoms with van der Waals surface area (Å²) in [4.78, 5) is 14.9. The predicted octanol–water partition coefficient (Wildman–Crippen LogP) is 2.33. The molecule has 0 atom stereocenters. The summed E-state index contributed by atoms with van der Waals surface area (Å²) in [6, 6.07) is 7.42. The molecule has 0 spiro atoms. The van der Waals surface area contributed by atoms with Crippen LogP contribution in [0, 0.1) is 0 Å². The largest absolute Gasteiger partial charge is 0.464 e. The van der Waals surface area contributed by atoms with Crippen LogP contribution in [-0.2, 0) is 9.63 Å². The number of oxime groups is 1. The molecular formula is C11H9NO3. The summed E-state index contributed by atoms with van der Waals surface area (Å²) in [5.41, 5.74) is 1.67. The third-order valence-corrected chi connectivity index (χ3v) is 1.86. The molecule has 0 aliphatic carbocycles. The molecule has 15 heavy (non-hydrogen) atoms. The van der Waals surface area contributed by atoms with E-state index in [4.69, 9.17) is 4.42 Å². The van der Waals surface area contributed by atoms with E-state index in [9.17, 15) is 4.79 Å². The quantitative estimate of drug-likeness (QED) is 0.427. The Hall–Kier alpha value is -2.10. The number of benzene rings is 1. The van der Waals surface area contributed by atoms with E-state index in [1.165, 1.54) is 13.1 Å². The third-order valence-electron chi connectivity index (χ3n) is 1.86. The maximum Gasteiger partial charge on any atom is 0.331 e. The summed E-state index contributed by atoms with van der Waals surface area (Å²) in [5.74, 6) is -0.435. The van der Waals surface area contributed by atoms with Crippen LogP contribution in [0.2, 0.25) is 0 Å². The van der Waals surface area contributed by atoms with E-state index in [-0.39, 0.29) is 0 Å². The molecule has 2 aromatic rings. The van der Waals surface area contributed by atoms with Crippen molar-refractivity contribution in [2.24, 2.45) is 5.16 Å². The van der Waals surface area contributed by atoms with E-state index >= 15 is 0 Å². The van der Waals surface area contributed by atoms with E-state index in [0.717, 1.165) is 16.5 Å². The molecule has 0 radical (unpaired) electrons. The Balaban J connectivity index is 2.21. The van der Waals surface area contributed by atoms with E-state index in [0.29, 0.717) is 0 Å². The first kappa shape index (κ1) is 9.45. The molecule has 0 aliphatic heterocycles. The maximum atomic E-state index is 10.5. The van der Waals surface area contributed by atoms with Gasteiger partial charge in [0.1, 0.15) is 5.58 Å². The fourth-order valence-corrected chi connectivity index (χ4v) is 1.23. The number of carbonyl (C=O) groups excluding carboxylic acids is 1. The highest BCUT2D eigenvalue weighted by Gasteiger charge is 1.96. The van der Waals surface area contributed by atoms with Gasteiger partial charge in [0.25, 0.3) is 0 Å². The van der Waals surface area contributed by atoms with Crippen LogP contribution < -0.4 is 0 Å². The van der Waals surface area contributed by atoms with Gasteiger partial charge in [-0.25, -0.2) is 4.79 Å². The van der Waals surface area contributed by atoms with Crippen molar-refractivity contribution in [3.8, 4) is 0 Å². The van der Waals surface area contributed by atoms with Crippen molar-refractivity contribution in [2.45, 2.75) is 6.92 Å². The number of fused-ring (bicyclic) bond motifs is 1. The minimum Gasteiger partial charge on any atom is -0.464 e. The van der Waals surface area contributed by atoms with Crippen molar-refractivity contribution in [3.05, 3.63) is 36.1 Å². The Morgan fingerprint density at radius 1 is 1.47 bits per heavy atom. The Morgan fingerprint density at radius 3 is 3.13 bits per heavy atom. The molecule has 0 amide bonds. The van der Waals surface area contributed by atoms with Crippen LogP contribution in [0.3, 0.4) is 0 Å². The van der Waals surface area contributed by atoms with Crippen molar-refractivity contribution >= 4 is 23.2 Å². The fraction of sp³-hybridized carbons (Fsp3) is 0.0909. The second-order valence-corrected chi connectivity index (χ2v) is 3.04. The number of nitrogens with zero attached hydrogens (tertiary/aromatic N) is 1. The molecule has 2 rings (SSSR count). The molecule has 76 valence electrons. The van der Waals surface area contributed by atoms with Crippen LogP contribution in [0.15, 0.2) is 40.1 Å². The lowest BCUT2D eigenvalue weighted by molar-refractivity contribution is -0.140. The molecule has 0 N–H and O–H groups in total. The van der Waals surface area contributed by atoms with Crippen LogP contribution in [0.5, 0.6) is 0 Å². The van der Waals surface area contributed by atoms with Gasteiger partial charge in [0.05, 0.1) is 12.5 Å². The van der Waals surface area contributed by atoms with Crippen LogP contribution in [0.25, 0.3) is 11.0 Å². The van der Waals surface area contributed by atoms with Crippen molar-refractivity contribution in [2.75, 3.05) is 0 Å². The van der Waals surface area contributed by atoms with Gasteiger partial charge in [-0.05, 0) is 29.8 Å². The van der Waals surface area contributed by atoms with Gasteiger partial charge in [0, 0.05) is 12.3 Å². The maximum absolute atomic E-state index is 10.5. The van der Waals surface area contributed by atoms with Crippen molar-refractivity contribution < 1.29 is 14.0 Å². The highest BCUT2D eigenvalue weighted by Crippen LogP contribution is 2.15. The minimum atomic E-state index is -0.435. The molecular weight excluding hydrogens is 194 g/mol. The van der Waals surface area contributed by atoms with Crippen molar-refractivity contribution in [1.82, 2.24) is 0 Å². The Bertz CT molecular complexity index is 513. The fourth-order valence-electron chi connectivity index (χ4n) is 1.23. The minimum absolute atomic E-state index is 0.435. The van der Waals surface area contributed by atoms with Crippen molar-refractivity contribution in [3.63, 3.8) is 0 Å². The second kappa shape index (κ2) is 3.96. The van der Waals surface area contributed by atoms with Crippen LogP contribution in [0.1, 0.15) is 12.5 Å². The lowest BCUT2D eigenvalue weighted by Gasteiger charge is -1.92. The molecule has 0 aliphatic rings. The van der Waals surface area contributed by atoms with Gasteiger partial charge < -0.3 is 9.25 Å². The zero-order valence-electron chi connectivity index (χ0n) is 8.14. The van der Waals surface area contributed by atoms with Gasteiger partial charge in [-0.2, -0.15) is 0 Å².